The number of carbonyl (C=O) groups excluding carboxylic acids is 1. The molecule has 0 saturated heterocycles. The van der Waals surface area contributed by atoms with Gasteiger partial charge in [0.15, 0.2) is 5.82 Å². The minimum absolute atomic E-state index is 0.0273. The van der Waals surface area contributed by atoms with Gasteiger partial charge in [-0.2, -0.15) is 0 Å². The van der Waals surface area contributed by atoms with E-state index in [-0.39, 0.29) is 5.91 Å². The summed E-state index contributed by atoms with van der Waals surface area (Å²) in [4.78, 5) is 25.2. The largest absolute Gasteiger partial charge is 0.497 e. The summed E-state index contributed by atoms with van der Waals surface area (Å²) in [5, 5.41) is 5.11. The summed E-state index contributed by atoms with van der Waals surface area (Å²) in [6.07, 6.45) is 4.57. The Bertz CT molecular complexity index is 1360. The lowest BCUT2D eigenvalue weighted by atomic mass is 9.97. The highest BCUT2D eigenvalue weighted by Gasteiger charge is 2.22. The molecule has 0 saturated carbocycles. The lowest BCUT2D eigenvalue weighted by Crippen LogP contribution is -2.15. The lowest BCUT2D eigenvalue weighted by Gasteiger charge is -2.13. The number of carbonyl (C=O) groups is 1. The zero-order valence-corrected chi connectivity index (χ0v) is 21.2. The summed E-state index contributed by atoms with van der Waals surface area (Å²) >= 11 is 3.28. The summed E-state index contributed by atoms with van der Waals surface area (Å²) in [7, 11) is 1.66. The first-order valence-electron chi connectivity index (χ1n) is 11.5. The molecule has 2 heterocycles. The Balaban J connectivity index is 1.47. The Labute approximate surface area is 208 Å². The van der Waals surface area contributed by atoms with Gasteiger partial charge < -0.3 is 10.1 Å². The van der Waals surface area contributed by atoms with Crippen molar-refractivity contribution in [2.24, 2.45) is 0 Å². The van der Waals surface area contributed by atoms with Crippen LogP contribution in [0.25, 0.3) is 21.6 Å². The van der Waals surface area contributed by atoms with Crippen molar-refractivity contribution in [2.75, 3.05) is 18.2 Å². The Morgan fingerprint density at radius 2 is 1.88 bits per heavy atom. The second-order valence-electron chi connectivity index (χ2n) is 8.63. The normalized spacial score (nSPS) is 13.0. The molecule has 1 amide bonds. The van der Waals surface area contributed by atoms with Crippen LogP contribution >= 0.6 is 23.1 Å². The number of amides is 1. The van der Waals surface area contributed by atoms with Crippen LogP contribution in [0.15, 0.2) is 47.5 Å². The summed E-state index contributed by atoms with van der Waals surface area (Å²) in [6, 6.07) is 13.9. The summed E-state index contributed by atoms with van der Waals surface area (Å²) < 4.78 is 5.30. The van der Waals surface area contributed by atoms with Crippen LogP contribution in [0.4, 0.5) is 5.69 Å². The van der Waals surface area contributed by atoms with Crippen molar-refractivity contribution < 1.29 is 9.53 Å². The monoisotopic (exact) mass is 489 g/mol. The number of fused-ring (bicyclic) bond motifs is 3. The van der Waals surface area contributed by atoms with E-state index < -0.39 is 0 Å². The number of rotatable bonds is 6. The van der Waals surface area contributed by atoms with Crippen LogP contribution in [0.2, 0.25) is 0 Å². The Hall–Kier alpha value is -2.90. The SMILES string of the molecule is COc1ccc(-c2nc(SCC(=O)Nc3cc(C)ccc3C)c3c4c(sc3n2)CCCC4)cc1. The maximum absolute atomic E-state index is 12.9. The fourth-order valence-electron chi connectivity index (χ4n) is 4.29. The molecule has 0 unspecified atom stereocenters. The first kappa shape index (κ1) is 22.9. The fourth-order valence-corrected chi connectivity index (χ4v) is 6.47. The van der Waals surface area contributed by atoms with Crippen molar-refractivity contribution in [3.63, 3.8) is 0 Å². The second kappa shape index (κ2) is 9.76. The van der Waals surface area contributed by atoms with Gasteiger partial charge in [0.25, 0.3) is 0 Å². The number of aromatic nitrogens is 2. The Morgan fingerprint density at radius 3 is 2.68 bits per heavy atom. The number of benzene rings is 2. The molecule has 0 radical (unpaired) electrons. The van der Waals surface area contributed by atoms with Crippen LogP contribution in [-0.2, 0) is 17.6 Å². The molecule has 7 heteroatoms. The molecular weight excluding hydrogens is 462 g/mol. The van der Waals surface area contributed by atoms with E-state index in [1.54, 1.807) is 18.4 Å². The van der Waals surface area contributed by atoms with Crippen molar-refractivity contribution in [1.29, 1.82) is 0 Å². The van der Waals surface area contributed by atoms with Crippen LogP contribution in [0.3, 0.4) is 0 Å². The zero-order chi connectivity index (χ0) is 23.7. The first-order chi connectivity index (χ1) is 16.5. The molecule has 1 aliphatic carbocycles. The van der Waals surface area contributed by atoms with E-state index >= 15 is 0 Å². The topological polar surface area (TPSA) is 64.1 Å². The summed E-state index contributed by atoms with van der Waals surface area (Å²) in [5.74, 6) is 1.76. The average Bonchev–Trinajstić information content (AvgIpc) is 3.23. The van der Waals surface area contributed by atoms with Gasteiger partial charge in [0.2, 0.25) is 5.91 Å². The molecule has 5 rings (SSSR count). The zero-order valence-electron chi connectivity index (χ0n) is 19.6. The number of hydrogen-bond donors (Lipinski definition) is 1. The van der Waals surface area contributed by atoms with Crippen LogP contribution < -0.4 is 10.1 Å². The first-order valence-corrected chi connectivity index (χ1v) is 13.3. The van der Waals surface area contributed by atoms with Gasteiger partial charge in [-0.05, 0) is 86.6 Å². The van der Waals surface area contributed by atoms with Gasteiger partial charge in [-0.3, -0.25) is 4.79 Å². The van der Waals surface area contributed by atoms with E-state index in [4.69, 9.17) is 14.7 Å². The Morgan fingerprint density at radius 1 is 1.09 bits per heavy atom. The highest BCUT2D eigenvalue weighted by molar-refractivity contribution is 8.00. The van der Waals surface area contributed by atoms with Gasteiger partial charge in [-0.25, -0.2) is 9.97 Å². The van der Waals surface area contributed by atoms with E-state index in [0.717, 1.165) is 56.2 Å². The molecule has 174 valence electrons. The van der Waals surface area contributed by atoms with Crippen molar-refractivity contribution >= 4 is 44.9 Å². The van der Waals surface area contributed by atoms with Crippen molar-refractivity contribution in [1.82, 2.24) is 9.97 Å². The van der Waals surface area contributed by atoms with Gasteiger partial charge in [-0.15, -0.1) is 11.3 Å². The molecule has 0 atom stereocenters. The van der Waals surface area contributed by atoms with Crippen LogP contribution in [0.5, 0.6) is 5.75 Å². The maximum atomic E-state index is 12.9. The molecule has 0 fully saturated rings. The molecule has 0 spiro atoms. The third-order valence-electron chi connectivity index (χ3n) is 6.14. The average molecular weight is 490 g/mol. The fraction of sp³-hybridized carbons (Fsp3) is 0.296. The molecule has 1 N–H and O–H groups in total. The van der Waals surface area contributed by atoms with Crippen molar-refractivity contribution in [3.05, 3.63) is 64.0 Å². The molecule has 0 aliphatic heterocycles. The number of hydrogen-bond acceptors (Lipinski definition) is 6. The van der Waals surface area contributed by atoms with Gasteiger partial charge in [0, 0.05) is 21.5 Å². The number of thioether (sulfide) groups is 1. The number of anilines is 1. The molecule has 0 bridgehead atoms. The molecule has 2 aromatic heterocycles. The third-order valence-corrected chi connectivity index (χ3v) is 8.30. The second-order valence-corrected chi connectivity index (χ2v) is 10.7. The number of methoxy groups -OCH3 is 1. The summed E-state index contributed by atoms with van der Waals surface area (Å²) in [6.45, 7) is 4.04. The van der Waals surface area contributed by atoms with Crippen LogP contribution in [0.1, 0.15) is 34.4 Å². The van der Waals surface area contributed by atoms with E-state index in [1.165, 1.54) is 35.0 Å². The summed E-state index contributed by atoms with van der Waals surface area (Å²) in [5.41, 5.74) is 5.37. The van der Waals surface area contributed by atoms with Crippen LogP contribution in [-0.4, -0.2) is 28.7 Å². The molecule has 1 aliphatic rings. The predicted molar refractivity (Wildman–Crippen MR) is 141 cm³/mol. The van der Waals surface area contributed by atoms with Gasteiger partial charge in [-0.1, -0.05) is 23.9 Å². The van der Waals surface area contributed by atoms with Gasteiger partial charge >= 0.3 is 0 Å². The minimum atomic E-state index is -0.0273. The van der Waals surface area contributed by atoms with Crippen molar-refractivity contribution in [2.45, 2.75) is 44.6 Å². The number of ether oxygens (including phenoxy) is 1. The lowest BCUT2D eigenvalue weighted by molar-refractivity contribution is -0.113. The Kier molecular flexibility index (Phi) is 6.57. The molecule has 2 aromatic carbocycles. The number of nitrogens with zero attached hydrogens (tertiary/aromatic N) is 2. The smallest absolute Gasteiger partial charge is 0.234 e. The van der Waals surface area contributed by atoms with Crippen LogP contribution in [0, 0.1) is 13.8 Å². The van der Waals surface area contributed by atoms with E-state index in [9.17, 15) is 4.79 Å². The predicted octanol–water partition coefficient (Wildman–Crippen LogP) is 6.59. The number of nitrogens with one attached hydrogen (secondary N) is 1. The van der Waals surface area contributed by atoms with E-state index in [2.05, 4.69) is 11.4 Å². The van der Waals surface area contributed by atoms with E-state index in [1.807, 2.05) is 50.2 Å². The van der Waals surface area contributed by atoms with Crippen molar-refractivity contribution in [3.8, 4) is 17.1 Å². The minimum Gasteiger partial charge on any atom is -0.497 e. The number of thiophene rings is 1. The molecule has 34 heavy (non-hydrogen) atoms. The molecular formula is C27H27N3O2S2. The quantitative estimate of drug-likeness (QED) is 0.244. The van der Waals surface area contributed by atoms with Gasteiger partial charge in [0.1, 0.15) is 15.6 Å². The molecule has 5 nitrogen and oxygen atoms in total. The highest BCUT2D eigenvalue weighted by atomic mass is 32.2. The van der Waals surface area contributed by atoms with E-state index in [0.29, 0.717) is 11.6 Å². The molecule has 4 aromatic rings. The van der Waals surface area contributed by atoms with Gasteiger partial charge in [0.05, 0.1) is 12.9 Å². The highest BCUT2D eigenvalue weighted by Crippen LogP contribution is 2.40. The standard InChI is InChI=1S/C27H27N3O2S2/c1-16-8-9-17(2)21(14-16)28-23(31)15-33-26-24-20-6-4-5-7-22(20)34-27(24)30-25(29-26)18-10-12-19(32-3)13-11-18/h8-14H,4-7,15H2,1-3H3,(H,28,31). The number of aryl methyl sites for hydroxylation is 4. The third kappa shape index (κ3) is 4.68. The maximum Gasteiger partial charge on any atom is 0.234 e.